The molecule has 2 aromatic rings. The quantitative estimate of drug-likeness (QED) is 0.402. The second-order valence-corrected chi connectivity index (χ2v) is 16.0. The van der Waals surface area contributed by atoms with Crippen molar-refractivity contribution in [3.8, 4) is 0 Å². The van der Waals surface area contributed by atoms with E-state index < -0.39 is 22.0 Å². The minimum Gasteiger partial charge on any atom is -0.377 e. The Kier molecular flexibility index (Phi) is 14.7. The second-order valence-electron chi connectivity index (χ2n) is 10.3. The van der Waals surface area contributed by atoms with E-state index in [2.05, 4.69) is 47.0 Å². The molecule has 2 unspecified atom stereocenters. The maximum atomic E-state index is 12.2. The van der Waals surface area contributed by atoms with Gasteiger partial charge >= 0.3 is 18.9 Å². The molecule has 200 valence electrons. The van der Waals surface area contributed by atoms with Gasteiger partial charge in [0.2, 0.25) is 0 Å². The van der Waals surface area contributed by atoms with Crippen LogP contribution in [0.15, 0.2) is 61.9 Å². The van der Waals surface area contributed by atoms with Crippen LogP contribution in [0.5, 0.6) is 0 Å². The molecule has 2 heterocycles. The predicted molar refractivity (Wildman–Crippen MR) is 157 cm³/mol. The first kappa shape index (κ1) is 34.9. The maximum Gasteiger partial charge on any atom is 1.00 e. The van der Waals surface area contributed by atoms with E-state index in [0.717, 1.165) is 20.2 Å². The van der Waals surface area contributed by atoms with Crippen LogP contribution in [0.4, 0.5) is 0 Å². The van der Waals surface area contributed by atoms with Crippen molar-refractivity contribution >= 4 is 59.5 Å². The van der Waals surface area contributed by atoms with Crippen LogP contribution in [-0.4, -0.2) is 50.1 Å². The molecule has 6 nitrogen and oxygen atoms in total. The van der Waals surface area contributed by atoms with E-state index >= 15 is 0 Å². The summed E-state index contributed by atoms with van der Waals surface area (Å²) in [6.07, 6.45) is 0. The number of hydrogen-bond acceptors (Lipinski definition) is 4. The molecule has 0 spiro atoms. The summed E-state index contributed by atoms with van der Waals surface area (Å²) in [5.74, 6) is 0. The number of ether oxygens (including phenoxy) is 2. The van der Waals surface area contributed by atoms with Gasteiger partial charge in [0.1, 0.15) is 16.5 Å². The number of halogens is 2. The molecule has 2 atom stereocenters. The molecule has 2 aliphatic heterocycles. The van der Waals surface area contributed by atoms with Crippen molar-refractivity contribution in [2.45, 2.75) is 56.6 Å². The van der Waals surface area contributed by atoms with Gasteiger partial charge in [0, 0.05) is 4.47 Å². The van der Waals surface area contributed by atoms with Crippen LogP contribution >= 0.6 is 31.9 Å². The van der Waals surface area contributed by atoms with Crippen LogP contribution in [0, 0.1) is 6.07 Å². The molecule has 4 rings (SSSR count). The van der Waals surface area contributed by atoms with Gasteiger partial charge in [0.25, 0.3) is 0 Å². The molecule has 37 heavy (non-hydrogen) atoms. The Labute approximate surface area is 255 Å². The molecule has 2 aliphatic rings. The average Bonchev–Trinajstić information content (AvgIpc) is 2.74. The Bertz CT molecular complexity index is 1050. The SMILES string of the molecule is Brc1cc[c-]cc1.CC(C)(C)S(=O)N=C1COC1.CC(C)(C)S(=O)NC1(c2ccc(Br)cc2)COC1.[Li+]. The summed E-state index contributed by atoms with van der Waals surface area (Å²) in [6, 6.07) is 18.6. The third kappa shape index (κ3) is 11.9. The predicted octanol–water partition coefficient (Wildman–Crippen LogP) is 2.90. The number of hydrogen-bond donors (Lipinski definition) is 1. The summed E-state index contributed by atoms with van der Waals surface area (Å²) in [6.45, 7) is 13.9. The van der Waals surface area contributed by atoms with Crippen LogP contribution in [0.2, 0.25) is 0 Å². The normalized spacial score (nSPS) is 17.7. The first-order chi connectivity index (χ1) is 16.7. The van der Waals surface area contributed by atoms with Crippen molar-refractivity contribution in [2.75, 3.05) is 26.4 Å². The van der Waals surface area contributed by atoms with Crippen LogP contribution in [-0.2, 0) is 37.0 Å². The fraction of sp³-hybridized carbons (Fsp3) is 0.500. The number of nitrogens with one attached hydrogen (secondary N) is 1. The van der Waals surface area contributed by atoms with E-state index in [9.17, 15) is 8.42 Å². The van der Waals surface area contributed by atoms with Gasteiger partial charge in [0.15, 0.2) is 0 Å². The van der Waals surface area contributed by atoms with Gasteiger partial charge in [-0.05, 0) is 59.2 Å². The summed E-state index contributed by atoms with van der Waals surface area (Å²) in [5, 5.41) is 0. The molecule has 0 aliphatic carbocycles. The molecular weight excluding hydrogens is 635 g/mol. The van der Waals surface area contributed by atoms with E-state index in [0.29, 0.717) is 26.4 Å². The van der Waals surface area contributed by atoms with Gasteiger partial charge in [-0.3, -0.25) is 0 Å². The minimum atomic E-state index is -1.11. The Morgan fingerprint density at radius 3 is 1.70 bits per heavy atom. The standard InChI is InChI=1S/C13H18BrNO2S.C7H13NO2S.C6H4Br.Li/c1-12(2,3)18(16)15-13(8-17-9-13)10-4-6-11(14)7-5-10;1-7(2,3)11(9)8-6-4-10-5-6;7-6-4-2-1-3-5-6;/h4-7,15H,8-9H2,1-3H3;4-5H2,1-3H3;2-5H;/q;;-1;+1. The zero-order valence-electron chi connectivity index (χ0n) is 22.6. The molecule has 0 aromatic heterocycles. The molecule has 0 bridgehead atoms. The van der Waals surface area contributed by atoms with Crippen LogP contribution in [0.25, 0.3) is 0 Å². The van der Waals surface area contributed by atoms with Crippen molar-refractivity contribution in [1.82, 2.24) is 4.72 Å². The van der Waals surface area contributed by atoms with Gasteiger partial charge in [-0.1, -0.05) is 48.5 Å². The minimum absolute atomic E-state index is 0. The van der Waals surface area contributed by atoms with Crippen molar-refractivity contribution in [3.63, 3.8) is 0 Å². The Hall–Kier alpha value is -0.153. The van der Waals surface area contributed by atoms with Crippen molar-refractivity contribution in [1.29, 1.82) is 0 Å². The van der Waals surface area contributed by atoms with E-state index in [1.807, 2.05) is 90.1 Å². The molecular formula is C26H35Br2LiN2O4S2. The van der Waals surface area contributed by atoms with Gasteiger partial charge in [-0.15, -0.1) is 0 Å². The Balaban J connectivity index is 0.000000306. The Morgan fingerprint density at radius 1 is 0.865 bits per heavy atom. The molecule has 0 amide bonds. The van der Waals surface area contributed by atoms with Crippen LogP contribution in [0.1, 0.15) is 47.1 Å². The summed E-state index contributed by atoms with van der Waals surface area (Å²) < 4.78 is 42.7. The molecule has 2 saturated heterocycles. The average molecular weight is 670 g/mol. The largest absolute Gasteiger partial charge is 1.00 e. The van der Waals surface area contributed by atoms with Gasteiger partial charge < -0.3 is 9.47 Å². The number of nitrogens with zero attached hydrogens (tertiary/aromatic N) is 1. The summed E-state index contributed by atoms with van der Waals surface area (Å²) in [4.78, 5) is 0. The van der Waals surface area contributed by atoms with Crippen molar-refractivity contribution in [2.24, 2.45) is 4.40 Å². The van der Waals surface area contributed by atoms with Crippen molar-refractivity contribution < 1.29 is 36.8 Å². The van der Waals surface area contributed by atoms with Gasteiger partial charge in [0.05, 0.1) is 52.6 Å². The fourth-order valence-corrected chi connectivity index (χ4v) is 4.60. The molecule has 2 fully saturated rings. The zero-order valence-corrected chi connectivity index (χ0v) is 27.4. The second kappa shape index (κ2) is 15.6. The summed E-state index contributed by atoms with van der Waals surface area (Å²) in [7, 11) is -2.21. The fourth-order valence-electron chi connectivity index (χ4n) is 2.56. The van der Waals surface area contributed by atoms with Gasteiger partial charge in [-0.2, -0.15) is 34.7 Å². The number of benzene rings is 2. The Morgan fingerprint density at radius 2 is 1.38 bits per heavy atom. The first-order valence-corrected chi connectivity index (χ1v) is 15.3. The van der Waals surface area contributed by atoms with E-state index in [4.69, 9.17) is 9.47 Å². The van der Waals surface area contributed by atoms with Crippen LogP contribution in [0.3, 0.4) is 0 Å². The third-order valence-corrected chi connectivity index (χ3v) is 9.11. The monoisotopic (exact) mass is 668 g/mol. The first-order valence-electron chi connectivity index (χ1n) is 11.4. The van der Waals surface area contributed by atoms with Crippen molar-refractivity contribution in [3.05, 3.63) is 69.1 Å². The molecule has 0 radical (unpaired) electrons. The third-order valence-electron chi connectivity index (χ3n) is 4.89. The number of rotatable bonds is 4. The molecule has 11 heteroatoms. The maximum absolute atomic E-state index is 12.2. The van der Waals surface area contributed by atoms with Gasteiger partial charge in [-0.25, -0.2) is 13.1 Å². The summed E-state index contributed by atoms with van der Waals surface area (Å²) >= 11 is 6.71. The molecule has 2 aromatic carbocycles. The topological polar surface area (TPSA) is 77.0 Å². The smallest absolute Gasteiger partial charge is 0.377 e. The van der Waals surface area contributed by atoms with E-state index in [1.165, 1.54) is 0 Å². The van der Waals surface area contributed by atoms with Crippen LogP contribution < -0.4 is 23.6 Å². The zero-order chi connectivity index (χ0) is 27.0. The molecule has 0 saturated carbocycles. The van der Waals surface area contributed by atoms with E-state index in [-0.39, 0.29) is 33.9 Å². The van der Waals surface area contributed by atoms with E-state index in [1.54, 1.807) is 0 Å². The molecule has 1 N–H and O–H groups in total. The summed E-state index contributed by atoms with van der Waals surface area (Å²) in [5.41, 5.74) is 1.73.